The van der Waals surface area contributed by atoms with Crippen LogP contribution in [-0.4, -0.2) is 10.9 Å². The summed E-state index contributed by atoms with van der Waals surface area (Å²) < 4.78 is 0. The molecule has 2 aromatic carbocycles. The number of carbonyl (C=O) groups excluding carboxylic acids is 1. The normalized spacial score (nSPS) is 10.6. The maximum atomic E-state index is 12.3. The number of nitrogens with one attached hydrogen (secondary N) is 1. The Morgan fingerprint density at radius 1 is 1.00 bits per heavy atom. The lowest BCUT2D eigenvalue weighted by Crippen LogP contribution is -2.14. The number of nitrogens with zero attached hydrogens (tertiary/aromatic N) is 1. The zero-order valence-electron chi connectivity index (χ0n) is 12.1. The van der Waals surface area contributed by atoms with E-state index in [4.69, 9.17) is 0 Å². The molecule has 1 N–H and O–H groups in total. The minimum atomic E-state index is -0.129. The average Bonchev–Trinajstić information content (AvgIpc) is 2.47. The van der Waals surface area contributed by atoms with Crippen LogP contribution in [0.2, 0.25) is 0 Å². The zero-order valence-corrected chi connectivity index (χ0v) is 12.1. The van der Waals surface area contributed by atoms with Gasteiger partial charge in [-0.15, -0.1) is 0 Å². The standard InChI is InChI=1S/C18H16N2O/c1-12-7-9-15(13(2)11-12)18(21)20-17-10-8-14-5-3-4-6-16(14)19-17/h3-11H,1-2H3,(H,19,20,21). The highest BCUT2D eigenvalue weighted by Gasteiger charge is 2.10. The quantitative estimate of drug-likeness (QED) is 0.765. The summed E-state index contributed by atoms with van der Waals surface area (Å²) in [5.41, 5.74) is 3.66. The molecule has 0 aliphatic rings. The van der Waals surface area contributed by atoms with E-state index in [1.165, 1.54) is 0 Å². The molecule has 0 unspecified atom stereocenters. The molecule has 1 amide bonds. The molecule has 0 atom stereocenters. The lowest BCUT2D eigenvalue weighted by atomic mass is 10.1. The summed E-state index contributed by atoms with van der Waals surface area (Å²) in [6.07, 6.45) is 0. The van der Waals surface area contributed by atoms with Crippen LogP contribution in [0, 0.1) is 13.8 Å². The summed E-state index contributed by atoms with van der Waals surface area (Å²) in [6, 6.07) is 17.4. The molecule has 0 saturated heterocycles. The van der Waals surface area contributed by atoms with Gasteiger partial charge in [-0.25, -0.2) is 4.98 Å². The van der Waals surface area contributed by atoms with Crippen LogP contribution in [-0.2, 0) is 0 Å². The maximum Gasteiger partial charge on any atom is 0.257 e. The predicted octanol–water partition coefficient (Wildman–Crippen LogP) is 4.10. The first-order valence-corrected chi connectivity index (χ1v) is 6.88. The number of carbonyl (C=O) groups is 1. The van der Waals surface area contributed by atoms with Crippen molar-refractivity contribution in [2.45, 2.75) is 13.8 Å². The predicted molar refractivity (Wildman–Crippen MR) is 85.6 cm³/mol. The first kappa shape index (κ1) is 13.3. The van der Waals surface area contributed by atoms with E-state index in [2.05, 4.69) is 10.3 Å². The Bertz CT molecular complexity index is 824. The summed E-state index contributed by atoms with van der Waals surface area (Å²) in [4.78, 5) is 16.8. The second-order valence-corrected chi connectivity index (χ2v) is 5.16. The van der Waals surface area contributed by atoms with Gasteiger partial charge in [0.2, 0.25) is 0 Å². The molecule has 0 fully saturated rings. The van der Waals surface area contributed by atoms with Crippen LogP contribution < -0.4 is 5.32 Å². The van der Waals surface area contributed by atoms with Crippen molar-refractivity contribution in [3.8, 4) is 0 Å². The van der Waals surface area contributed by atoms with Gasteiger partial charge in [0, 0.05) is 10.9 Å². The number of anilines is 1. The molecule has 3 rings (SSSR count). The summed E-state index contributed by atoms with van der Waals surface area (Å²) in [7, 11) is 0. The molecule has 0 aliphatic heterocycles. The van der Waals surface area contributed by atoms with Gasteiger partial charge in [0.05, 0.1) is 5.52 Å². The lowest BCUT2D eigenvalue weighted by molar-refractivity contribution is 0.102. The number of para-hydroxylation sites is 1. The van der Waals surface area contributed by atoms with E-state index in [0.717, 1.165) is 22.0 Å². The molecule has 3 heteroatoms. The molecule has 104 valence electrons. The van der Waals surface area contributed by atoms with Gasteiger partial charge in [0.25, 0.3) is 5.91 Å². The zero-order chi connectivity index (χ0) is 14.8. The Kier molecular flexibility index (Phi) is 3.40. The van der Waals surface area contributed by atoms with Crippen LogP contribution in [0.15, 0.2) is 54.6 Å². The molecule has 0 aliphatic carbocycles. The molecular weight excluding hydrogens is 260 g/mol. The number of hydrogen-bond acceptors (Lipinski definition) is 2. The third-order valence-corrected chi connectivity index (χ3v) is 3.47. The minimum Gasteiger partial charge on any atom is -0.307 e. The fraction of sp³-hybridized carbons (Fsp3) is 0.111. The molecular formula is C18H16N2O. The van der Waals surface area contributed by atoms with Crippen LogP contribution in [0.5, 0.6) is 0 Å². The van der Waals surface area contributed by atoms with Gasteiger partial charge in [0.1, 0.15) is 5.82 Å². The Balaban J connectivity index is 1.89. The molecule has 0 saturated carbocycles. The molecule has 1 aromatic heterocycles. The van der Waals surface area contributed by atoms with Gasteiger partial charge < -0.3 is 5.32 Å². The van der Waals surface area contributed by atoms with Crippen molar-refractivity contribution >= 4 is 22.6 Å². The number of aromatic nitrogens is 1. The highest BCUT2D eigenvalue weighted by atomic mass is 16.1. The SMILES string of the molecule is Cc1ccc(C(=O)Nc2ccc3ccccc3n2)c(C)c1. The molecule has 1 heterocycles. The maximum absolute atomic E-state index is 12.3. The van der Waals surface area contributed by atoms with Crippen molar-refractivity contribution < 1.29 is 4.79 Å². The van der Waals surface area contributed by atoms with E-state index in [-0.39, 0.29) is 5.91 Å². The summed E-state index contributed by atoms with van der Waals surface area (Å²) in [6.45, 7) is 3.95. The fourth-order valence-corrected chi connectivity index (χ4v) is 2.39. The Morgan fingerprint density at radius 2 is 1.81 bits per heavy atom. The summed E-state index contributed by atoms with van der Waals surface area (Å²) in [5, 5.41) is 3.92. The van der Waals surface area contributed by atoms with Crippen molar-refractivity contribution in [2.75, 3.05) is 5.32 Å². The van der Waals surface area contributed by atoms with E-state index in [0.29, 0.717) is 11.4 Å². The Labute approximate surface area is 123 Å². The van der Waals surface area contributed by atoms with Gasteiger partial charge >= 0.3 is 0 Å². The van der Waals surface area contributed by atoms with E-state index in [9.17, 15) is 4.79 Å². The van der Waals surface area contributed by atoms with Gasteiger partial charge in [-0.2, -0.15) is 0 Å². The number of benzene rings is 2. The minimum absolute atomic E-state index is 0.129. The number of rotatable bonds is 2. The van der Waals surface area contributed by atoms with Gasteiger partial charge in [-0.1, -0.05) is 35.9 Å². The number of amides is 1. The number of hydrogen-bond donors (Lipinski definition) is 1. The van der Waals surface area contributed by atoms with E-state index in [1.807, 2.05) is 68.4 Å². The van der Waals surface area contributed by atoms with Crippen LogP contribution in [0.4, 0.5) is 5.82 Å². The van der Waals surface area contributed by atoms with E-state index in [1.54, 1.807) is 0 Å². The third kappa shape index (κ3) is 2.77. The highest BCUT2D eigenvalue weighted by molar-refractivity contribution is 6.05. The van der Waals surface area contributed by atoms with Crippen LogP contribution >= 0.6 is 0 Å². The van der Waals surface area contributed by atoms with Crippen LogP contribution in [0.25, 0.3) is 10.9 Å². The van der Waals surface area contributed by atoms with Crippen LogP contribution in [0.3, 0.4) is 0 Å². The van der Waals surface area contributed by atoms with Gasteiger partial charge in [0.15, 0.2) is 0 Å². The number of aryl methyl sites for hydroxylation is 2. The van der Waals surface area contributed by atoms with Crippen molar-refractivity contribution in [1.82, 2.24) is 4.98 Å². The second kappa shape index (κ2) is 5.37. The highest BCUT2D eigenvalue weighted by Crippen LogP contribution is 2.16. The monoisotopic (exact) mass is 276 g/mol. The van der Waals surface area contributed by atoms with Crippen molar-refractivity contribution in [2.24, 2.45) is 0 Å². The van der Waals surface area contributed by atoms with Crippen molar-refractivity contribution in [1.29, 1.82) is 0 Å². The van der Waals surface area contributed by atoms with Crippen LogP contribution in [0.1, 0.15) is 21.5 Å². The molecule has 0 spiro atoms. The molecule has 3 nitrogen and oxygen atoms in total. The lowest BCUT2D eigenvalue weighted by Gasteiger charge is -2.08. The second-order valence-electron chi connectivity index (χ2n) is 5.16. The summed E-state index contributed by atoms with van der Waals surface area (Å²) >= 11 is 0. The third-order valence-electron chi connectivity index (χ3n) is 3.47. The van der Waals surface area contributed by atoms with Crippen molar-refractivity contribution in [3.05, 3.63) is 71.3 Å². The molecule has 3 aromatic rings. The molecule has 0 radical (unpaired) electrons. The summed E-state index contributed by atoms with van der Waals surface area (Å²) in [5.74, 6) is 0.439. The Morgan fingerprint density at radius 3 is 2.62 bits per heavy atom. The first-order chi connectivity index (χ1) is 10.1. The smallest absolute Gasteiger partial charge is 0.257 e. The van der Waals surface area contributed by atoms with Gasteiger partial charge in [-0.3, -0.25) is 4.79 Å². The Hall–Kier alpha value is -2.68. The first-order valence-electron chi connectivity index (χ1n) is 6.88. The number of fused-ring (bicyclic) bond motifs is 1. The van der Waals surface area contributed by atoms with Gasteiger partial charge in [-0.05, 0) is 43.7 Å². The van der Waals surface area contributed by atoms with E-state index >= 15 is 0 Å². The van der Waals surface area contributed by atoms with E-state index < -0.39 is 0 Å². The largest absolute Gasteiger partial charge is 0.307 e. The average molecular weight is 276 g/mol. The molecule has 21 heavy (non-hydrogen) atoms. The molecule has 0 bridgehead atoms. The number of pyridine rings is 1. The fourth-order valence-electron chi connectivity index (χ4n) is 2.39. The topological polar surface area (TPSA) is 42.0 Å². The van der Waals surface area contributed by atoms with Crippen molar-refractivity contribution in [3.63, 3.8) is 0 Å².